The van der Waals surface area contributed by atoms with Gasteiger partial charge in [-0.2, -0.15) is 5.10 Å². The third kappa shape index (κ3) is 5.53. The fourth-order valence-corrected chi connectivity index (χ4v) is 3.56. The van der Waals surface area contributed by atoms with Gasteiger partial charge in [0.1, 0.15) is 6.61 Å². The van der Waals surface area contributed by atoms with Crippen LogP contribution in [0.25, 0.3) is 35.2 Å². The molecule has 34 heavy (non-hydrogen) atoms. The second-order valence-electron chi connectivity index (χ2n) is 7.62. The van der Waals surface area contributed by atoms with Crippen LogP contribution in [0.4, 0.5) is 0 Å². The Morgan fingerprint density at radius 1 is 1.03 bits per heavy atom. The molecule has 0 aliphatic rings. The van der Waals surface area contributed by atoms with Crippen molar-refractivity contribution in [3.63, 3.8) is 0 Å². The third-order valence-electron chi connectivity index (χ3n) is 5.34. The molecule has 0 spiro atoms. The Kier molecular flexibility index (Phi) is 7.40. The number of hydrogen-bond acceptors (Lipinski definition) is 4. The second-order valence-corrected chi connectivity index (χ2v) is 7.62. The van der Waals surface area contributed by atoms with Gasteiger partial charge in [-0.3, -0.25) is 10.1 Å². The fraction of sp³-hybridized carbons (Fsp3) is 0.143. The van der Waals surface area contributed by atoms with E-state index in [1.54, 1.807) is 14.2 Å². The zero-order valence-corrected chi connectivity index (χ0v) is 19.6. The van der Waals surface area contributed by atoms with E-state index in [-0.39, 0.29) is 0 Å². The molecule has 4 rings (SSSR count). The Morgan fingerprint density at radius 3 is 2.74 bits per heavy atom. The first-order valence-corrected chi connectivity index (χ1v) is 11.1. The first kappa shape index (κ1) is 22.9. The predicted octanol–water partition coefficient (Wildman–Crippen LogP) is 6.27. The van der Waals surface area contributed by atoms with Crippen LogP contribution in [0, 0.1) is 0 Å². The van der Waals surface area contributed by atoms with Crippen LogP contribution < -0.4 is 9.47 Å². The van der Waals surface area contributed by atoms with Gasteiger partial charge in [0.15, 0.2) is 11.5 Å². The summed E-state index contributed by atoms with van der Waals surface area (Å²) < 4.78 is 11.4. The summed E-state index contributed by atoms with van der Waals surface area (Å²) >= 11 is 0. The molecule has 0 unspecified atom stereocenters. The minimum atomic E-state index is 0.383. The standard InChI is InChI=1S/C28H28N4O2/c1-4-7-24(29-2)19-34-27-15-11-20(16-28(27)33-3)10-13-22-17-23(32-31-22)14-12-21-18-30-26-9-6-5-8-25(21)26/h4-18,30H,19H2,1-3H3,(H,31,32)/b7-4-,13-10+,14-12+,29-24?. The van der Waals surface area contributed by atoms with Crippen LogP contribution in [0.15, 0.2) is 71.9 Å². The van der Waals surface area contributed by atoms with Crippen LogP contribution >= 0.6 is 0 Å². The molecule has 0 saturated carbocycles. The Hall–Kier alpha value is -4.32. The number of rotatable bonds is 9. The molecule has 6 nitrogen and oxygen atoms in total. The highest BCUT2D eigenvalue weighted by atomic mass is 16.5. The van der Waals surface area contributed by atoms with Gasteiger partial charge in [-0.15, -0.1) is 0 Å². The van der Waals surface area contributed by atoms with Gasteiger partial charge in [0.05, 0.1) is 24.2 Å². The maximum atomic E-state index is 5.88. The lowest BCUT2D eigenvalue weighted by molar-refractivity contribution is 0.335. The topological polar surface area (TPSA) is 75.3 Å². The van der Waals surface area contributed by atoms with Gasteiger partial charge >= 0.3 is 0 Å². The average Bonchev–Trinajstić information content (AvgIpc) is 3.51. The molecule has 172 valence electrons. The molecule has 6 heteroatoms. The third-order valence-corrected chi connectivity index (χ3v) is 5.34. The Morgan fingerprint density at radius 2 is 1.91 bits per heavy atom. The minimum Gasteiger partial charge on any atom is -0.493 e. The zero-order valence-electron chi connectivity index (χ0n) is 19.6. The lowest BCUT2D eigenvalue weighted by atomic mass is 10.1. The number of allylic oxidation sites excluding steroid dienone is 1. The molecule has 0 aliphatic carbocycles. The molecule has 0 atom stereocenters. The molecule has 0 radical (unpaired) electrons. The van der Waals surface area contributed by atoms with Crippen LogP contribution in [-0.2, 0) is 0 Å². The fourth-order valence-electron chi connectivity index (χ4n) is 3.56. The smallest absolute Gasteiger partial charge is 0.161 e. The first-order valence-electron chi connectivity index (χ1n) is 11.1. The maximum Gasteiger partial charge on any atom is 0.161 e. The van der Waals surface area contributed by atoms with Gasteiger partial charge in [-0.05, 0) is 60.5 Å². The molecule has 2 N–H and O–H groups in total. The summed E-state index contributed by atoms with van der Waals surface area (Å²) in [5.41, 5.74) is 5.88. The van der Waals surface area contributed by atoms with Crippen LogP contribution in [0.3, 0.4) is 0 Å². The van der Waals surface area contributed by atoms with Gasteiger partial charge in [0.25, 0.3) is 0 Å². The molecule has 0 aliphatic heterocycles. The second kappa shape index (κ2) is 11.0. The molecule has 2 aromatic heterocycles. The van der Waals surface area contributed by atoms with Crippen molar-refractivity contribution >= 4 is 40.9 Å². The number of hydrogen-bond donors (Lipinski definition) is 2. The van der Waals surface area contributed by atoms with E-state index < -0.39 is 0 Å². The number of methoxy groups -OCH3 is 1. The number of fused-ring (bicyclic) bond motifs is 1. The van der Waals surface area contributed by atoms with E-state index >= 15 is 0 Å². The largest absolute Gasteiger partial charge is 0.493 e. The SMILES string of the molecule is C/C=C\C(COc1ccc(/C=C/c2cc(/C=C/c3c[nH]c4ccccc34)[nH]n2)cc1OC)=NC. The number of para-hydroxylation sites is 1. The predicted molar refractivity (Wildman–Crippen MR) is 141 cm³/mol. The van der Waals surface area contributed by atoms with E-state index in [0.29, 0.717) is 18.1 Å². The highest BCUT2D eigenvalue weighted by molar-refractivity contribution is 5.96. The summed E-state index contributed by atoms with van der Waals surface area (Å²) in [4.78, 5) is 7.50. The van der Waals surface area contributed by atoms with Crippen molar-refractivity contribution in [1.82, 2.24) is 15.2 Å². The van der Waals surface area contributed by atoms with Gasteiger partial charge in [-0.1, -0.05) is 42.5 Å². The molecule has 0 saturated heterocycles. The number of nitrogens with zero attached hydrogens (tertiary/aromatic N) is 2. The number of H-pyrrole nitrogens is 2. The number of ether oxygens (including phenoxy) is 2. The van der Waals surface area contributed by atoms with Gasteiger partial charge in [-0.25, -0.2) is 0 Å². The highest BCUT2D eigenvalue weighted by Gasteiger charge is 2.06. The average molecular weight is 453 g/mol. The summed E-state index contributed by atoms with van der Waals surface area (Å²) in [6.45, 7) is 2.34. The molecule has 2 aromatic carbocycles. The lowest BCUT2D eigenvalue weighted by Gasteiger charge is -2.11. The number of aliphatic imine (C=N–C) groups is 1. The molecule has 0 bridgehead atoms. The van der Waals surface area contributed by atoms with Crippen molar-refractivity contribution in [2.24, 2.45) is 4.99 Å². The summed E-state index contributed by atoms with van der Waals surface area (Å²) in [6, 6.07) is 16.1. The number of aromatic amines is 2. The quantitative estimate of drug-likeness (QED) is 0.294. The normalized spacial score (nSPS) is 12.5. The maximum absolute atomic E-state index is 5.88. The van der Waals surface area contributed by atoms with E-state index in [1.807, 2.05) is 79.9 Å². The van der Waals surface area contributed by atoms with Crippen molar-refractivity contribution in [3.8, 4) is 11.5 Å². The van der Waals surface area contributed by atoms with E-state index in [9.17, 15) is 0 Å². The summed E-state index contributed by atoms with van der Waals surface area (Å²) in [5, 5.41) is 8.64. The van der Waals surface area contributed by atoms with Gasteiger partial charge in [0, 0.05) is 24.1 Å². The van der Waals surface area contributed by atoms with Crippen LogP contribution in [0.2, 0.25) is 0 Å². The van der Waals surface area contributed by atoms with E-state index in [4.69, 9.17) is 9.47 Å². The van der Waals surface area contributed by atoms with E-state index in [0.717, 1.165) is 33.7 Å². The molecule has 2 heterocycles. The van der Waals surface area contributed by atoms with Crippen molar-refractivity contribution in [2.75, 3.05) is 20.8 Å². The monoisotopic (exact) mass is 452 g/mol. The zero-order chi connectivity index (χ0) is 23.8. The Bertz CT molecular complexity index is 1370. The van der Waals surface area contributed by atoms with Crippen LogP contribution in [0.5, 0.6) is 11.5 Å². The first-order chi connectivity index (χ1) is 16.7. The van der Waals surface area contributed by atoms with Crippen LogP contribution in [-0.4, -0.2) is 41.7 Å². The van der Waals surface area contributed by atoms with Gasteiger partial charge < -0.3 is 14.5 Å². The van der Waals surface area contributed by atoms with Crippen molar-refractivity contribution in [3.05, 3.63) is 89.4 Å². The molecule has 0 fully saturated rings. The summed E-state index contributed by atoms with van der Waals surface area (Å²) in [5.74, 6) is 1.34. The van der Waals surface area contributed by atoms with Gasteiger partial charge in [0.2, 0.25) is 0 Å². The Labute approximate surface area is 199 Å². The summed E-state index contributed by atoms with van der Waals surface area (Å²) in [6.07, 6.45) is 13.9. The number of benzene rings is 2. The highest BCUT2D eigenvalue weighted by Crippen LogP contribution is 2.29. The minimum absolute atomic E-state index is 0.383. The van der Waals surface area contributed by atoms with Crippen molar-refractivity contribution in [2.45, 2.75) is 6.92 Å². The number of aromatic nitrogens is 3. The lowest BCUT2D eigenvalue weighted by Crippen LogP contribution is -2.09. The van der Waals surface area contributed by atoms with Crippen molar-refractivity contribution in [1.29, 1.82) is 0 Å². The number of nitrogens with one attached hydrogen (secondary N) is 2. The van der Waals surface area contributed by atoms with E-state index in [1.165, 1.54) is 5.39 Å². The molecule has 4 aromatic rings. The van der Waals surface area contributed by atoms with Crippen LogP contribution in [0.1, 0.15) is 29.4 Å². The molecular weight excluding hydrogens is 424 g/mol. The molecule has 0 amide bonds. The van der Waals surface area contributed by atoms with Crippen molar-refractivity contribution < 1.29 is 9.47 Å². The van der Waals surface area contributed by atoms with E-state index in [2.05, 4.69) is 38.4 Å². The Balaban J connectivity index is 1.42. The summed E-state index contributed by atoms with van der Waals surface area (Å²) in [7, 11) is 3.39. The molecular formula is C28H28N4O2.